The monoisotopic (exact) mass is 244 g/mol. The van der Waals surface area contributed by atoms with Gasteiger partial charge in [0.1, 0.15) is 5.60 Å². The smallest absolute Gasteiger partial charge is 0.239 e. The van der Waals surface area contributed by atoms with Crippen molar-refractivity contribution in [2.24, 2.45) is 11.7 Å². The lowest BCUT2D eigenvalue weighted by atomic mass is 9.88. The summed E-state index contributed by atoms with van der Waals surface area (Å²) in [7, 11) is 0. The highest BCUT2D eigenvalue weighted by Crippen LogP contribution is 2.44. The fourth-order valence-electron chi connectivity index (χ4n) is 2.25. The van der Waals surface area contributed by atoms with Gasteiger partial charge in [-0.1, -0.05) is 0 Å². The van der Waals surface area contributed by atoms with Crippen molar-refractivity contribution in [3.63, 3.8) is 0 Å². The number of rotatable bonds is 5. The molecule has 1 aliphatic carbocycles. The first kappa shape index (κ1) is 12.2. The Morgan fingerprint density at radius 3 is 2.75 bits per heavy atom. The summed E-state index contributed by atoms with van der Waals surface area (Å²) in [6.45, 7) is 0.979. The lowest BCUT2D eigenvalue weighted by molar-refractivity contribution is -0.160. The van der Waals surface area contributed by atoms with E-state index in [1.807, 2.05) is 6.26 Å². The Morgan fingerprint density at radius 1 is 1.62 bits per heavy atom. The third-order valence-corrected chi connectivity index (χ3v) is 4.17. The molecule has 0 aromatic heterocycles. The summed E-state index contributed by atoms with van der Waals surface area (Å²) < 4.78 is 0. The second kappa shape index (κ2) is 4.55. The number of aliphatic hydroxyl groups is 1. The summed E-state index contributed by atoms with van der Waals surface area (Å²) >= 11 is 1.70. The van der Waals surface area contributed by atoms with Crippen LogP contribution in [0.1, 0.15) is 19.3 Å². The number of hydrogen-bond donors (Lipinski definition) is 2. The molecular formula is C11H20N2O2S. The van der Waals surface area contributed by atoms with Crippen molar-refractivity contribution in [2.45, 2.75) is 30.9 Å². The second-order valence-electron chi connectivity index (χ2n) is 4.96. The predicted octanol–water partition coefficient (Wildman–Crippen LogP) is 0.0501. The Balaban J connectivity index is 1.75. The highest BCUT2D eigenvalue weighted by molar-refractivity contribution is 7.98. The fourth-order valence-corrected chi connectivity index (χ4v) is 2.74. The molecular weight excluding hydrogens is 224 g/mol. The largest absolute Gasteiger partial charge is 0.386 e. The number of nitrogens with two attached hydrogens (primary N) is 1. The lowest BCUT2D eigenvalue weighted by Crippen LogP contribution is -2.67. The van der Waals surface area contributed by atoms with E-state index >= 15 is 0 Å². The Kier molecular flexibility index (Phi) is 3.47. The van der Waals surface area contributed by atoms with Crippen molar-refractivity contribution >= 4 is 17.7 Å². The predicted molar refractivity (Wildman–Crippen MR) is 65.2 cm³/mol. The summed E-state index contributed by atoms with van der Waals surface area (Å²) in [6, 6.07) is -0.392. The number of thioether (sulfide) groups is 1. The maximum absolute atomic E-state index is 11.8. The first-order valence-corrected chi connectivity index (χ1v) is 7.22. The SMILES string of the molecule is CSCC[C@H](N)C(=O)N1CC(O)(C2CC2)C1. The average molecular weight is 244 g/mol. The van der Waals surface area contributed by atoms with Crippen molar-refractivity contribution in [3.05, 3.63) is 0 Å². The van der Waals surface area contributed by atoms with E-state index in [0.29, 0.717) is 19.0 Å². The van der Waals surface area contributed by atoms with Crippen LogP contribution in [0.5, 0.6) is 0 Å². The Hall–Kier alpha value is -0.260. The molecule has 1 saturated carbocycles. The molecule has 2 aliphatic rings. The van der Waals surface area contributed by atoms with E-state index in [1.54, 1.807) is 16.7 Å². The molecule has 0 spiro atoms. The maximum atomic E-state index is 11.8. The van der Waals surface area contributed by atoms with E-state index in [-0.39, 0.29) is 5.91 Å². The van der Waals surface area contributed by atoms with Crippen LogP contribution < -0.4 is 5.73 Å². The van der Waals surface area contributed by atoms with Crippen LogP contribution in [0.25, 0.3) is 0 Å². The van der Waals surface area contributed by atoms with E-state index < -0.39 is 11.6 Å². The Bertz CT molecular complexity index is 275. The number of hydrogen-bond acceptors (Lipinski definition) is 4. The van der Waals surface area contributed by atoms with Crippen LogP contribution in [0.4, 0.5) is 0 Å². The van der Waals surface area contributed by atoms with Gasteiger partial charge in [-0.05, 0) is 37.2 Å². The molecule has 0 unspecified atom stereocenters. The van der Waals surface area contributed by atoms with Crippen LogP contribution in [0.3, 0.4) is 0 Å². The molecule has 0 bridgehead atoms. The number of likely N-dealkylation sites (tertiary alicyclic amines) is 1. The molecule has 2 fully saturated rings. The van der Waals surface area contributed by atoms with Crippen LogP contribution >= 0.6 is 11.8 Å². The summed E-state index contributed by atoms with van der Waals surface area (Å²) in [4.78, 5) is 13.5. The quantitative estimate of drug-likeness (QED) is 0.717. The van der Waals surface area contributed by atoms with Gasteiger partial charge in [0.05, 0.1) is 19.1 Å². The van der Waals surface area contributed by atoms with Gasteiger partial charge in [0.25, 0.3) is 0 Å². The third kappa shape index (κ3) is 2.36. The van der Waals surface area contributed by atoms with Crippen LogP contribution in [-0.4, -0.2) is 52.7 Å². The number of carbonyl (C=O) groups excluding carboxylic acids is 1. The molecule has 92 valence electrons. The van der Waals surface area contributed by atoms with Gasteiger partial charge in [0.2, 0.25) is 5.91 Å². The minimum Gasteiger partial charge on any atom is -0.386 e. The Labute approximate surface area is 101 Å². The first-order chi connectivity index (χ1) is 7.57. The van der Waals surface area contributed by atoms with E-state index in [2.05, 4.69) is 0 Å². The van der Waals surface area contributed by atoms with Crippen molar-refractivity contribution in [1.82, 2.24) is 4.90 Å². The molecule has 1 atom stereocenters. The van der Waals surface area contributed by atoms with E-state index in [0.717, 1.165) is 25.0 Å². The van der Waals surface area contributed by atoms with Crippen LogP contribution in [0.2, 0.25) is 0 Å². The topological polar surface area (TPSA) is 66.6 Å². The summed E-state index contributed by atoms with van der Waals surface area (Å²) in [5, 5.41) is 10.1. The molecule has 1 saturated heterocycles. The fraction of sp³-hybridized carbons (Fsp3) is 0.909. The molecule has 1 aliphatic heterocycles. The van der Waals surface area contributed by atoms with Gasteiger partial charge >= 0.3 is 0 Å². The molecule has 0 aromatic rings. The lowest BCUT2D eigenvalue weighted by Gasteiger charge is -2.47. The van der Waals surface area contributed by atoms with Gasteiger partial charge < -0.3 is 15.7 Å². The zero-order valence-electron chi connectivity index (χ0n) is 9.69. The van der Waals surface area contributed by atoms with Gasteiger partial charge in [-0.15, -0.1) is 0 Å². The van der Waals surface area contributed by atoms with Gasteiger partial charge in [-0.25, -0.2) is 0 Å². The van der Waals surface area contributed by atoms with E-state index in [9.17, 15) is 9.90 Å². The number of β-amino-alcohol motifs (C(OH)–C–C–N with tert-alkyl or cyclic N) is 1. The minimum absolute atomic E-state index is 0.000579. The molecule has 1 amide bonds. The second-order valence-corrected chi connectivity index (χ2v) is 5.95. The molecule has 3 N–H and O–H groups in total. The van der Waals surface area contributed by atoms with Gasteiger partial charge in [0.15, 0.2) is 0 Å². The first-order valence-electron chi connectivity index (χ1n) is 5.82. The highest BCUT2D eigenvalue weighted by atomic mass is 32.2. The zero-order chi connectivity index (χ0) is 11.8. The molecule has 0 radical (unpaired) electrons. The molecule has 4 nitrogen and oxygen atoms in total. The summed E-state index contributed by atoms with van der Waals surface area (Å²) in [5.74, 6) is 1.34. The number of amides is 1. The van der Waals surface area contributed by atoms with Gasteiger partial charge in [-0.2, -0.15) is 11.8 Å². The molecule has 5 heteroatoms. The summed E-state index contributed by atoms with van der Waals surface area (Å²) in [5.41, 5.74) is 5.22. The molecule has 2 rings (SSSR count). The van der Waals surface area contributed by atoms with E-state index in [1.165, 1.54) is 0 Å². The van der Waals surface area contributed by atoms with Crippen molar-refractivity contribution in [2.75, 3.05) is 25.1 Å². The van der Waals surface area contributed by atoms with Crippen molar-refractivity contribution in [1.29, 1.82) is 0 Å². The number of nitrogens with zero attached hydrogens (tertiary/aromatic N) is 1. The number of carbonyl (C=O) groups is 1. The molecule has 16 heavy (non-hydrogen) atoms. The summed E-state index contributed by atoms with van der Waals surface area (Å²) in [6.07, 6.45) is 4.94. The highest BCUT2D eigenvalue weighted by Gasteiger charge is 2.53. The standard InChI is InChI=1S/C11H20N2O2S/c1-16-5-4-9(12)10(14)13-6-11(15,7-13)8-2-3-8/h8-9,15H,2-7,12H2,1H3/t9-/m0/s1. The normalized spacial score (nSPS) is 25.1. The third-order valence-electron chi connectivity index (χ3n) is 3.53. The maximum Gasteiger partial charge on any atom is 0.239 e. The van der Waals surface area contributed by atoms with E-state index in [4.69, 9.17) is 5.73 Å². The zero-order valence-corrected chi connectivity index (χ0v) is 10.5. The van der Waals surface area contributed by atoms with Crippen molar-refractivity contribution in [3.8, 4) is 0 Å². The molecule has 0 aromatic carbocycles. The Morgan fingerprint density at radius 2 is 2.25 bits per heavy atom. The van der Waals surface area contributed by atoms with Crippen molar-refractivity contribution < 1.29 is 9.90 Å². The average Bonchev–Trinajstić information content (AvgIpc) is 3.04. The van der Waals surface area contributed by atoms with Crippen LogP contribution in [0, 0.1) is 5.92 Å². The minimum atomic E-state index is -0.588. The van der Waals surface area contributed by atoms with Gasteiger partial charge in [-0.3, -0.25) is 4.79 Å². The van der Waals surface area contributed by atoms with Crippen LogP contribution in [-0.2, 0) is 4.79 Å². The van der Waals surface area contributed by atoms with Crippen LogP contribution in [0.15, 0.2) is 0 Å². The molecule has 1 heterocycles. The van der Waals surface area contributed by atoms with Gasteiger partial charge in [0, 0.05) is 0 Å².